The van der Waals surface area contributed by atoms with Gasteiger partial charge in [-0.25, -0.2) is 13.2 Å². The number of piperazine rings is 1. The molecule has 0 unspecified atom stereocenters. The zero-order valence-corrected chi connectivity index (χ0v) is 12.0. The summed E-state index contributed by atoms with van der Waals surface area (Å²) >= 11 is 3.08. The zero-order valence-electron chi connectivity index (χ0n) is 10.4. The predicted molar refractivity (Wildman–Crippen MR) is 71.9 cm³/mol. The van der Waals surface area contributed by atoms with E-state index in [9.17, 15) is 13.2 Å². The van der Waals surface area contributed by atoms with Crippen LogP contribution in [0.15, 0.2) is 22.7 Å². The van der Waals surface area contributed by atoms with Gasteiger partial charge in [0.2, 0.25) is 6.43 Å². The molecule has 1 saturated heterocycles. The van der Waals surface area contributed by atoms with Crippen LogP contribution in [0.4, 0.5) is 13.2 Å². The average molecular weight is 337 g/mol. The Balaban J connectivity index is 2.22. The second-order valence-electron chi connectivity index (χ2n) is 4.60. The molecule has 0 saturated carbocycles. The molecule has 1 N–H and O–H groups in total. The molecule has 0 radical (unpaired) electrons. The summed E-state index contributed by atoms with van der Waals surface area (Å²) < 4.78 is 39.5. The summed E-state index contributed by atoms with van der Waals surface area (Å²) in [5.41, 5.74) is 0.614. The van der Waals surface area contributed by atoms with Crippen LogP contribution in [0.2, 0.25) is 0 Å². The van der Waals surface area contributed by atoms with Crippen molar-refractivity contribution < 1.29 is 13.2 Å². The number of nitrogens with one attached hydrogen (secondary N) is 1. The van der Waals surface area contributed by atoms with Gasteiger partial charge in [0.25, 0.3) is 0 Å². The molecule has 1 aliphatic heterocycles. The van der Waals surface area contributed by atoms with Crippen molar-refractivity contribution in [3.63, 3.8) is 0 Å². The van der Waals surface area contributed by atoms with Gasteiger partial charge in [-0.15, -0.1) is 0 Å². The van der Waals surface area contributed by atoms with Crippen LogP contribution >= 0.6 is 15.9 Å². The molecule has 19 heavy (non-hydrogen) atoms. The van der Waals surface area contributed by atoms with Crippen molar-refractivity contribution in [1.29, 1.82) is 0 Å². The molecule has 1 atom stereocenters. The van der Waals surface area contributed by atoms with Crippen LogP contribution in [-0.4, -0.2) is 37.5 Å². The second kappa shape index (κ2) is 6.72. The third-order valence-electron chi connectivity index (χ3n) is 3.32. The molecule has 0 aromatic heterocycles. The molecule has 2 nitrogen and oxygen atoms in total. The van der Waals surface area contributed by atoms with Gasteiger partial charge in [0, 0.05) is 38.6 Å². The lowest BCUT2D eigenvalue weighted by molar-refractivity contribution is 0.0738. The topological polar surface area (TPSA) is 15.3 Å². The SMILES string of the molecule is Fc1cc([C@@H](CC(F)F)N2CCNCC2)ccc1Br. The van der Waals surface area contributed by atoms with Crippen LogP contribution in [-0.2, 0) is 0 Å². The maximum absolute atomic E-state index is 13.6. The fourth-order valence-corrected chi connectivity index (χ4v) is 2.62. The first-order valence-corrected chi connectivity index (χ1v) is 7.05. The number of hydrogen-bond acceptors (Lipinski definition) is 2. The third-order valence-corrected chi connectivity index (χ3v) is 3.97. The summed E-state index contributed by atoms with van der Waals surface area (Å²) in [6.07, 6.45) is -2.66. The lowest BCUT2D eigenvalue weighted by atomic mass is 10.0. The lowest BCUT2D eigenvalue weighted by Gasteiger charge is -2.35. The van der Waals surface area contributed by atoms with Crippen LogP contribution in [0.1, 0.15) is 18.0 Å². The van der Waals surface area contributed by atoms with E-state index >= 15 is 0 Å². The molecule has 1 aromatic rings. The van der Waals surface area contributed by atoms with E-state index in [4.69, 9.17) is 0 Å². The van der Waals surface area contributed by atoms with Crippen molar-refractivity contribution >= 4 is 15.9 Å². The van der Waals surface area contributed by atoms with E-state index in [0.717, 1.165) is 13.1 Å². The first kappa shape index (κ1) is 14.8. The van der Waals surface area contributed by atoms with Crippen LogP contribution in [0.5, 0.6) is 0 Å². The Kier molecular flexibility index (Phi) is 5.24. The molecular weight excluding hydrogens is 321 g/mol. The van der Waals surface area contributed by atoms with Gasteiger partial charge in [-0.3, -0.25) is 4.90 Å². The van der Waals surface area contributed by atoms with Gasteiger partial charge in [-0.1, -0.05) is 6.07 Å². The van der Waals surface area contributed by atoms with Crippen molar-refractivity contribution in [3.8, 4) is 0 Å². The highest BCUT2D eigenvalue weighted by Gasteiger charge is 2.25. The summed E-state index contributed by atoms with van der Waals surface area (Å²) in [5.74, 6) is -0.410. The Bertz CT molecular complexity index is 422. The van der Waals surface area contributed by atoms with Gasteiger partial charge in [0.05, 0.1) is 4.47 Å². The number of rotatable bonds is 4. The Morgan fingerprint density at radius 2 is 1.95 bits per heavy atom. The Morgan fingerprint density at radius 3 is 2.53 bits per heavy atom. The predicted octanol–water partition coefficient (Wildman–Crippen LogP) is 3.19. The summed E-state index contributed by atoms with van der Waals surface area (Å²) in [6.45, 7) is 2.96. The normalized spacial score (nSPS) is 18.8. The summed E-state index contributed by atoms with van der Waals surface area (Å²) in [4.78, 5) is 1.99. The average Bonchev–Trinajstić information content (AvgIpc) is 2.40. The summed E-state index contributed by atoms with van der Waals surface area (Å²) in [5, 5.41) is 3.18. The van der Waals surface area contributed by atoms with Gasteiger partial charge < -0.3 is 5.32 Å². The van der Waals surface area contributed by atoms with Gasteiger partial charge in [0.1, 0.15) is 5.82 Å². The minimum absolute atomic E-state index is 0.263. The van der Waals surface area contributed by atoms with E-state index in [-0.39, 0.29) is 6.42 Å². The molecule has 0 spiro atoms. The van der Waals surface area contributed by atoms with E-state index in [1.165, 1.54) is 6.07 Å². The van der Waals surface area contributed by atoms with E-state index in [1.54, 1.807) is 12.1 Å². The van der Waals surface area contributed by atoms with Crippen molar-refractivity contribution in [2.45, 2.75) is 18.9 Å². The second-order valence-corrected chi connectivity index (χ2v) is 5.46. The fourth-order valence-electron chi connectivity index (χ4n) is 2.38. The number of hydrogen-bond donors (Lipinski definition) is 1. The Morgan fingerprint density at radius 1 is 1.26 bits per heavy atom. The van der Waals surface area contributed by atoms with Crippen LogP contribution < -0.4 is 5.32 Å². The number of benzene rings is 1. The summed E-state index contributed by atoms with van der Waals surface area (Å²) in [7, 11) is 0. The molecule has 2 rings (SSSR count). The van der Waals surface area contributed by atoms with Gasteiger partial charge in [-0.05, 0) is 33.6 Å². The van der Waals surface area contributed by atoms with Gasteiger partial charge in [-0.2, -0.15) is 0 Å². The minimum Gasteiger partial charge on any atom is -0.314 e. The molecule has 0 amide bonds. The van der Waals surface area contributed by atoms with Crippen LogP contribution in [0.25, 0.3) is 0 Å². The first-order valence-electron chi connectivity index (χ1n) is 6.26. The fraction of sp³-hybridized carbons (Fsp3) is 0.538. The molecule has 106 valence electrons. The van der Waals surface area contributed by atoms with E-state index < -0.39 is 18.3 Å². The smallest absolute Gasteiger partial charge is 0.240 e. The highest BCUT2D eigenvalue weighted by Crippen LogP contribution is 2.29. The van der Waals surface area contributed by atoms with Gasteiger partial charge in [0.15, 0.2) is 0 Å². The standard InChI is InChI=1S/C13H16BrF3N2/c14-10-2-1-9(7-11(10)15)12(8-13(16)17)19-5-3-18-4-6-19/h1-2,7,12-13,18H,3-6,8H2/t12-/m1/s1. The Hall–Kier alpha value is -0.590. The third kappa shape index (κ3) is 3.94. The molecule has 1 heterocycles. The highest BCUT2D eigenvalue weighted by molar-refractivity contribution is 9.10. The molecular formula is C13H16BrF3N2. The number of alkyl halides is 2. The largest absolute Gasteiger partial charge is 0.314 e. The van der Waals surface area contributed by atoms with E-state index in [0.29, 0.717) is 23.1 Å². The van der Waals surface area contributed by atoms with E-state index in [2.05, 4.69) is 21.2 Å². The summed E-state index contributed by atoms with van der Waals surface area (Å²) in [6, 6.07) is 4.21. The molecule has 1 aliphatic rings. The maximum Gasteiger partial charge on any atom is 0.240 e. The maximum atomic E-state index is 13.6. The van der Waals surface area contributed by atoms with Crippen molar-refractivity contribution in [3.05, 3.63) is 34.1 Å². The quantitative estimate of drug-likeness (QED) is 0.908. The number of nitrogens with zero attached hydrogens (tertiary/aromatic N) is 1. The van der Waals surface area contributed by atoms with E-state index in [1.807, 2.05) is 4.90 Å². The monoisotopic (exact) mass is 336 g/mol. The zero-order chi connectivity index (χ0) is 13.8. The highest BCUT2D eigenvalue weighted by atomic mass is 79.9. The Labute approximate surface area is 119 Å². The molecule has 0 bridgehead atoms. The molecule has 1 aromatic carbocycles. The van der Waals surface area contributed by atoms with Crippen molar-refractivity contribution in [2.75, 3.05) is 26.2 Å². The molecule has 6 heteroatoms. The van der Waals surface area contributed by atoms with Crippen LogP contribution in [0.3, 0.4) is 0 Å². The van der Waals surface area contributed by atoms with Crippen molar-refractivity contribution in [2.24, 2.45) is 0 Å². The first-order chi connectivity index (χ1) is 9.08. The number of halogens is 4. The van der Waals surface area contributed by atoms with Crippen LogP contribution in [0, 0.1) is 5.82 Å². The van der Waals surface area contributed by atoms with Crippen molar-refractivity contribution in [1.82, 2.24) is 10.2 Å². The molecule has 1 fully saturated rings. The molecule has 0 aliphatic carbocycles. The minimum atomic E-state index is -2.40. The van der Waals surface area contributed by atoms with Gasteiger partial charge >= 0.3 is 0 Å². The lowest BCUT2D eigenvalue weighted by Crippen LogP contribution is -2.45.